The van der Waals surface area contributed by atoms with Crippen molar-refractivity contribution in [1.82, 2.24) is 10.3 Å². The Bertz CT molecular complexity index is 616. The molecule has 0 atom stereocenters. The number of thiazole rings is 1. The third-order valence-electron chi connectivity index (χ3n) is 2.96. The summed E-state index contributed by atoms with van der Waals surface area (Å²) in [5.74, 6) is 1.55. The van der Waals surface area contributed by atoms with Crippen molar-refractivity contribution in [3.05, 3.63) is 35.3 Å². The lowest BCUT2D eigenvalue weighted by Gasteiger charge is -2.18. The molecule has 110 valence electrons. The van der Waals surface area contributed by atoms with Gasteiger partial charge in [-0.25, -0.2) is 9.78 Å². The third kappa shape index (κ3) is 3.63. The summed E-state index contributed by atoms with van der Waals surface area (Å²) < 4.78 is 11.0. The van der Waals surface area contributed by atoms with Crippen LogP contribution >= 0.6 is 11.3 Å². The molecule has 1 aliphatic heterocycles. The number of amides is 2. The number of hydrogen-bond donors (Lipinski definition) is 2. The minimum atomic E-state index is -0.248. The number of ether oxygens (including phenoxy) is 2. The zero-order valence-corrected chi connectivity index (χ0v) is 12.1. The molecule has 2 aromatic rings. The Balaban J connectivity index is 1.48. The minimum absolute atomic E-state index is 0.248. The van der Waals surface area contributed by atoms with Crippen molar-refractivity contribution >= 4 is 22.5 Å². The highest BCUT2D eigenvalue weighted by atomic mass is 32.1. The molecule has 0 unspecified atom stereocenters. The van der Waals surface area contributed by atoms with Gasteiger partial charge in [0.25, 0.3) is 0 Å². The van der Waals surface area contributed by atoms with Crippen molar-refractivity contribution in [3.63, 3.8) is 0 Å². The number of urea groups is 1. The number of nitrogens with one attached hydrogen (secondary N) is 2. The van der Waals surface area contributed by atoms with Crippen LogP contribution in [0.2, 0.25) is 0 Å². The molecule has 0 fully saturated rings. The van der Waals surface area contributed by atoms with Crippen LogP contribution in [0.4, 0.5) is 9.93 Å². The first kappa shape index (κ1) is 13.7. The molecule has 0 radical (unpaired) electrons. The molecule has 0 bridgehead atoms. The van der Waals surface area contributed by atoms with Gasteiger partial charge >= 0.3 is 6.03 Å². The molecule has 0 saturated carbocycles. The summed E-state index contributed by atoms with van der Waals surface area (Å²) >= 11 is 1.38. The summed E-state index contributed by atoms with van der Waals surface area (Å²) in [5.41, 5.74) is 1.09. The van der Waals surface area contributed by atoms with Gasteiger partial charge < -0.3 is 14.8 Å². The molecule has 7 heteroatoms. The van der Waals surface area contributed by atoms with E-state index in [1.807, 2.05) is 23.6 Å². The number of anilines is 1. The normalized spacial score (nSPS) is 12.8. The molecular weight excluding hydrogens is 290 g/mol. The fraction of sp³-hybridized carbons (Fsp3) is 0.286. The van der Waals surface area contributed by atoms with Crippen LogP contribution in [0.5, 0.6) is 11.5 Å². The van der Waals surface area contributed by atoms with Crippen LogP contribution in [0.1, 0.15) is 5.56 Å². The van der Waals surface area contributed by atoms with Gasteiger partial charge in [0.2, 0.25) is 0 Å². The maximum atomic E-state index is 11.6. The Morgan fingerprint density at radius 2 is 2.14 bits per heavy atom. The van der Waals surface area contributed by atoms with Gasteiger partial charge in [0, 0.05) is 18.1 Å². The van der Waals surface area contributed by atoms with E-state index in [0.29, 0.717) is 24.9 Å². The van der Waals surface area contributed by atoms with Gasteiger partial charge in [0.05, 0.1) is 0 Å². The summed E-state index contributed by atoms with van der Waals surface area (Å²) in [6.45, 7) is 1.70. The molecule has 6 nitrogen and oxygen atoms in total. The topological polar surface area (TPSA) is 72.5 Å². The maximum Gasteiger partial charge on any atom is 0.321 e. The molecule has 1 aromatic carbocycles. The van der Waals surface area contributed by atoms with Crippen LogP contribution < -0.4 is 20.1 Å². The van der Waals surface area contributed by atoms with Crippen molar-refractivity contribution in [2.24, 2.45) is 0 Å². The van der Waals surface area contributed by atoms with E-state index in [1.165, 1.54) is 11.3 Å². The first-order valence-corrected chi connectivity index (χ1v) is 7.52. The first-order chi connectivity index (χ1) is 10.3. The average molecular weight is 305 g/mol. The van der Waals surface area contributed by atoms with Crippen LogP contribution in [0.3, 0.4) is 0 Å². The SMILES string of the molecule is O=C(NCCc1ccc2c(c1)OCCO2)Nc1nccs1. The van der Waals surface area contributed by atoms with Gasteiger partial charge in [-0.3, -0.25) is 5.32 Å². The summed E-state index contributed by atoms with van der Waals surface area (Å²) in [6, 6.07) is 5.59. The van der Waals surface area contributed by atoms with E-state index < -0.39 is 0 Å². The molecule has 1 aromatic heterocycles. The van der Waals surface area contributed by atoms with Gasteiger partial charge in [-0.05, 0) is 24.1 Å². The van der Waals surface area contributed by atoms with Crippen molar-refractivity contribution in [3.8, 4) is 11.5 Å². The molecule has 3 rings (SSSR count). The van der Waals surface area contributed by atoms with Crippen molar-refractivity contribution < 1.29 is 14.3 Å². The summed E-state index contributed by atoms with van der Waals surface area (Å²) in [5, 5.41) is 7.86. The zero-order valence-electron chi connectivity index (χ0n) is 11.3. The number of hydrogen-bond acceptors (Lipinski definition) is 5. The average Bonchev–Trinajstić information content (AvgIpc) is 3.00. The summed E-state index contributed by atoms with van der Waals surface area (Å²) in [7, 11) is 0. The second-order valence-corrected chi connectivity index (χ2v) is 5.34. The number of aromatic nitrogens is 1. The zero-order chi connectivity index (χ0) is 14.5. The van der Waals surface area contributed by atoms with E-state index in [0.717, 1.165) is 23.5 Å². The fourth-order valence-corrected chi connectivity index (χ4v) is 2.51. The molecule has 2 N–H and O–H groups in total. The second kappa shape index (κ2) is 6.45. The predicted octanol–water partition coefficient (Wildman–Crippen LogP) is 2.28. The molecule has 2 amide bonds. The molecule has 0 aliphatic carbocycles. The molecular formula is C14H15N3O3S. The smallest absolute Gasteiger partial charge is 0.321 e. The Morgan fingerprint density at radius 3 is 2.95 bits per heavy atom. The van der Waals surface area contributed by atoms with Gasteiger partial charge in [0.15, 0.2) is 16.6 Å². The van der Waals surface area contributed by atoms with Crippen LogP contribution in [0.15, 0.2) is 29.8 Å². The Morgan fingerprint density at radius 1 is 1.29 bits per heavy atom. The number of carbonyl (C=O) groups is 1. The highest BCUT2D eigenvalue weighted by Crippen LogP contribution is 2.30. The van der Waals surface area contributed by atoms with E-state index in [-0.39, 0.29) is 6.03 Å². The van der Waals surface area contributed by atoms with E-state index in [9.17, 15) is 4.79 Å². The van der Waals surface area contributed by atoms with Gasteiger partial charge in [-0.1, -0.05) is 6.07 Å². The number of rotatable bonds is 4. The fourth-order valence-electron chi connectivity index (χ4n) is 1.99. The molecule has 0 spiro atoms. The Labute approximate surface area is 126 Å². The lowest BCUT2D eigenvalue weighted by atomic mass is 10.1. The quantitative estimate of drug-likeness (QED) is 0.909. The third-order valence-corrected chi connectivity index (χ3v) is 3.65. The van der Waals surface area contributed by atoms with Gasteiger partial charge in [-0.15, -0.1) is 11.3 Å². The monoisotopic (exact) mass is 305 g/mol. The molecule has 2 heterocycles. The second-order valence-electron chi connectivity index (χ2n) is 4.45. The first-order valence-electron chi connectivity index (χ1n) is 6.64. The predicted molar refractivity (Wildman–Crippen MR) is 80.3 cm³/mol. The van der Waals surface area contributed by atoms with Crippen LogP contribution in [0.25, 0.3) is 0 Å². The highest BCUT2D eigenvalue weighted by Gasteiger charge is 2.11. The van der Waals surface area contributed by atoms with Crippen molar-refractivity contribution in [2.45, 2.75) is 6.42 Å². The van der Waals surface area contributed by atoms with E-state index >= 15 is 0 Å². The molecule has 0 saturated heterocycles. The number of nitrogens with zero attached hydrogens (tertiary/aromatic N) is 1. The van der Waals surface area contributed by atoms with Gasteiger partial charge in [-0.2, -0.15) is 0 Å². The standard InChI is InChI=1S/C14H15N3O3S/c18-13(17-14-16-5-8-21-14)15-4-3-10-1-2-11-12(9-10)20-7-6-19-11/h1-2,5,8-9H,3-4,6-7H2,(H2,15,16,17,18). The van der Waals surface area contributed by atoms with Crippen LogP contribution in [-0.4, -0.2) is 30.8 Å². The maximum absolute atomic E-state index is 11.6. The van der Waals surface area contributed by atoms with E-state index in [4.69, 9.17) is 9.47 Å². The Kier molecular flexibility index (Phi) is 4.20. The molecule has 21 heavy (non-hydrogen) atoms. The highest BCUT2D eigenvalue weighted by molar-refractivity contribution is 7.13. The van der Waals surface area contributed by atoms with Crippen LogP contribution in [-0.2, 0) is 6.42 Å². The van der Waals surface area contributed by atoms with E-state index in [1.54, 1.807) is 6.20 Å². The number of fused-ring (bicyclic) bond motifs is 1. The molecule has 1 aliphatic rings. The Hall–Kier alpha value is -2.28. The van der Waals surface area contributed by atoms with Crippen molar-refractivity contribution in [2.75, 3.05) is 25.1 Å². The summed E-state index contributed by atoms with van der Waals surface area (Å²) in [6.07, 6.45) is 2.37. The van der Waals surface area contributed by atoms with Crippen LogP contribution in [0, 0.1) is 0 Å². The lowest BCUT2D eigenvalue weighted by molar-refractivity contribution is 0.171. The lowest BCUT2D eigenvalue weighted by Crippen LogP contribution is -2.30. The minimum Gasteiger partial charge on any atom is -0.486 e. The van der Waals surface area contributed by atoms with Gasteiger partial charge in [0.1, 0.15) is 13.2 Å². The largest absolute Gasteiger partial charge is 0.486 e. The van der Waals surface area contributed by atoms with E-state index in [2.05, 4.69) is 15.6 Å². The summed E-state index contributed by atoms with van der Waals surface area (Å²) in [4.78, 5) is 15.6. The number of benzene rings is 1. The van der Waals surface area contributed by atoms with Crippen molar-refractivity contribution in [1.29, 1.82) is 0 Å². The number of carbonyl (C=O) groups excluding carboxylic acids is 1.